The Hall–Kier alpha value is -2.40. The van der Waals surface area contributed by atoms with Crippen molar-refractivity contribution in [2.24, 2.45) is 0 Å². The minimum atomic E-state index is -4.26. The number of rotatable bonds is 9. The van der Waals surface area contributed by atoms with Crippen molar-refractivity contribution in [3.05, 3.63) is 63.9 Å². The molecule has 0 saturated carbocycles. The normalized spacial score (nSPS) is 12.8. The van der Waals surface area contributed by atoms with Crippen molar-refractivity contribution >= 4 is 50.9 Å². The molecule has 0 spiro atoms. The summed E-state index contributed by atoms with van der Waals surface area (Å²) in [4.78, 5) is 27.8. The van der Waals surface area contributed by atoms with Crippen LogP contribution in [0.5, 0.6) is 0 Å². The number of hydrogen-bond acceptors (Lipinski definition) is 4. The second kappa shape index (κ2) is 11.8. The fourth-order valence-corrected chi connectivity index (χ4v) is 4.63. The highest BCUT2D eigenvalue weighted by molar-refractivity contribution is 7.90. The molecule has 2 aromatic carbocycles. The Bertz CT molecular complexity index is 1220. The molecule has 0 saturated heterocycles. The highest BCUT2D eigenvalue weighted by Gasteiger charge is 2.34. The van der Waals surface area contributed by atoms with Crippen molar-refractivity contribution in [1.29, 1.82) is 0 Å². The van der Waals surface area contributed by atoms with Gasteiger partial charge in [-0.3, -0.25) is 9.59 Å². The first kappa shape index (κ1) is 29.8. The Kier molecular flexibility index (Phi) is 9.75. The van der Waals surface area contributed by atoms with Gasteiger partial charge in [-0.1, -0.05) is 41.4 Å². The van der Waals surface area contributed by atoms with Crippen molar-refractivity contribution in [3.63, 3.8) is 0 Å². The second-order valence-corrected chi connectivity index (χ2v) is 12.3. The summed E-state index contributed by atoms with van der Waals surface area (Å²) in [6, 6.07) is 9.02. The Morgan fingerprint density at radius 3 is 2.19 bits per heavy atom. The Balaban J connectivity index is 2.51. The van der Waals surface area contributed by atoms with E-state index in [2.05, 4.69) is 5.32 Å². The first-order chi connectivity index (χ1) is 16.5. The number of amides is 2. The third kappa shape index (κ3) is 7.55. The molecule has 12 heteroatoms. The maximum Gasteiger partial charge on any atom is 0.304 e. The largest absolute Gasteiger partial charge is 0.350 e. The van der Waals surface area contributed by atoms with Gasteiger partial charge in [-0.2, -0.15) is 12.7 Å². The summed E-state index contributed by atoms with van der Waals surface area (Å²) in [5, 5.41) is 3.40. The Morgan fingerprint density at radius 1 is 1.06 bits per heavy atom. The van der Waals surface area contributed by atoms with Gasteiger partial charge in [0.2, 0.25) is 11.8 Å². The topological polar surface area (TPSA) is 90.0 Å². The van der Waals surface area contributed by atoms with E-state index >= 15 is 0 Å². The van der Waals surface area contributed by atoms with E-state index in [9.17, 15) is 22.4 Å². The number of halogens is 3. The molecule has 0 fully saturated rings. The van der Waals surface area contributed by atoms with Gasteiger partial charge >= 0.3 is 10.2 Å². The number of para-hydroxylation sites is 1. The minimum Gasteiger partial charge on any atom is -0.350 e. The molecule has 0 unspecified atom stereocenters. The Labute approximate surface area is 222 Å². The van der Waals surface area contributed by atoms with E-state index in [1.165, 1.54) is 44.1 Å². The molecule has 2 rings (SSSR count). The van der Waals surface area contributed by atoms with Gasteiger partial charge in [0.05, 0.1) is 15.7 Å². The van der Waals surface area contributed by atoms with Crippen LogP contribution in [0.1, 0.15) is 33.3 Å². The van der Waals surface area contributed by atoms with E-state index in [0.717, 1.165) is 10.4 Å². The van der Waals surface area contributed by atoms with Crippen LogP contribution in [0.2, 0.25) is 10.0 Å². The van der Waals surface area contributed by atoms with Crippen molar-refractivity contribution in [1.82, 2.24) is 14.5 Å². The molecular formula is C24H31Cl2FN4O4S. The number of anilines is 1. The van der Waals surface area contributed by atoms with E-state index in [0.29, 0.717) is 14.9 Å². The molecule has 198 valence electrons. The van der Waals surface area contributed by atoms with E-state index in [4.69, 9.17) is 23.2 Å². The van der Waals surface area contributed by atoms with Gasteiger partial charge in [0.25, 0.3) is 0 Å². The van der Waals surface area contributed by atoms with Gasteiger partial charge in [0, 0.05) is 26.2 Å². The van der Waals surface area contributed by atoms with Crippen molar-refractivity contribution in [2.45, 2.75) is 45.8 Å². The van der Waals surface area contributed by atoms with Crippen LogP contribution in [-0.2, 0) is 26.3 Å². The van der Waals surface area contributed by atoms with Gasteiger partial charge < -0.3 is 10.2 Å². The Morgan fingerprint density at radius 2 is 1.67 bits per heavy atom. The lowest BCUT2D eigenvalue weighted by molar-refractivity contribution is -0.140. The molecule has 0 bridgehead atoms. The van der Waals surface area contributed by atoms with Crippen LogP contribution in [0.25, 0.3) is 0 Å². The number of benzene rings is 2. The molecule has 2 aromatic rings. The summed E-state index contributed by atoms with van der Waals surface area (Å²) in [5.74, 6) is -1.97. The average Bonchev–Trinajstić information content (AvgIpc) is 2.76. The van der Waals surface area contributed by atoms with Crippen LogP contribution in [0.3, 0.4) is 0 Å². The molecule has 0 aliphatic heterocycles. The molecule has 2 amide bonds. The molecule has 0 heterocycles. The lowest BCUT2D eigenvalue weighted by atomic mass is 10.1. The predicted octanol–water partition coefficient (Wildman–Crippen LogP) is 4.08. The maximum absolute atomic E-state index is 14.6. The zero-order valence-electron chi connectivity index (χ0n) is 21.0. The molecule has 0 aliphatic rings. The SMILES string of the molecule is C[C@@H](C(=O)NC(C)(C)C)N(Cc1ccc(Cl)c(Cl)c1)C(=O)CN(c1ccccc1F)S(=O)(=O)N(C)C. The lowest BCUT2D eigenvalue weighted by Crippen LogP contribution is -2.55. The summed E-state index contributed by atoms with van der Waals surface area (Å²) in [5.41, 5.74) is -0.293. The summed E-state index contributed by atoms with van der Waals surface area (Å²) >= 11 is 12.1. The number of nitrogens with one attached hydrogen (secondary N) is 1. The fourth-order valence-electron chi connectivity index (χ4n) is 3.25. The first-order valence-electron chi connectivity index (χ1n) is 11.0. The third-order valence-electron chi connectivity index (χ3n) is 5.14. The van der Waals surface area contributed by atoms with Crippen LogP contribution < -0.4 is 9.62 Å². The van der Waals surface area contributed by atoms with Gasteiger partial charge in [-0.25, -0.2) is 8.70 Å². The van der Waals surface area contributed by atoms with Crippen LogP contribution >= 0.6 is 23.2 Å². The molecule has 0 aliphatic carbocycles. The van der Waals surface area contributed by atoms with Gasteiger partial charge in [0.15, 0.2) is 0 Å². The van der Waals surface area contributed by atoms with Gasteiger partial charge in [-0.15, -0.1) is 0 Å². The zero-order valence-corrected chi connectivity index (χ0v) is 23.4. The zero-order chi connectivity index (χ0) is 27.4. The van der Waals surface area contributed by atoms with Crippen molar-refractivity contribution in [2.75, 3.05) is 24.9 Å². The van der Waals surface area contributed by atoms with E-state index in [1.807, 2.05) is 0 Å². The number of carbonyl (C=O) groups is 2. The highest BCUT2D eigenvalue weighted by atomic mass is 35.5. The molecular weight excluding hydrogens is 530 g/mol. The van der Waals surface area contributed by atoms with Gasteiger partial charge in [-0.05, 0) is 57.5 Å². The summed E-state index contributed by atoms with van der Waals surface area (Å²) in [7, 11) is -1.71. The molecule has 0 radical (unpaired) electrons. The summed E-state index contributed by atoms with van der Waals surface area (Å²) in [6.45, 7) is 6.12. The number of nitrogens with zero attached hydrogens (tertiary/aromatic N) is 3. The summed E-state index contributed by atoms with van der Waals surface area (Å²) < 4.78 is 42.4. The van der Waals surface area contributed by atoms with E-state index in [-0.39, 0.29) is 17.3 Å². The summed E-state index contributed by atoms with van der Waals surface area (Å²) in [6.07, 6.45) is 0. The van der Waals surface area contributed by atoms with E-state index in [1.54, 1.807) is 39.0 Å². The molecule has 36 heavy (non-hydrogen) atoms. The van der Waals surface area contributed by atoms with Gasteiger partial charge in [0.1, 0.15) is 18.4 Å². The smallest absolute Gasteiger partial charge is 0.304 e. The number of carbonyl (C=O) groups excluding carboxylic acids is 2. The van der Waals surface area contributed by atoms with Crippen molar-refractivity contribution < 1.29 is 22.4 Å². The first-order valence-corrected chi connectivity index (χ1v) is 13.2. The average molecular weight is 562 g/mol. The maximum atomic E-state index is 14.6. The van der Waals surface area contributed by atoms with Crippen LogP contribution in [0.4, 0.5) is 10.1 Å². The molecule has 1 N–H and O–H groups in total. The van der Waals surface area contributed by atoms with Crippen LogP contribution in [0.15, 0.2) is 42.5 Å². The molecule has 8 nitrogen and oxygen atoms in total. The highest BCUT2D eigenvalue weighted by Crippen LogP contribution is 2.26. The molecule has 0 aromatic heterocycles. The van der Waals surface area contributed by atoms with Crippen LogP contribution in [-0.4, -0.2) is 61.7 Å². The predicted molar refractivity (Wildman–Crippen MR) is 141 cm³/mol. The van der Waals surface area contributed by atoms with Crippen molar-refractivity contribution in [3.8, 4) is 0 Å². The molecule has 1 atom stereocenters. The quantitative estimate of drug-likeness (QED) is 0.500. The minimum absolute atomic E-state index is 0.0679. The standard InChI is InChI=1S/C24H31Cl2FN4O4S/c1-16(23(33)28-24(2,3)4)30(14-17-11-12-18(25)19(26)13-17)22(32)15-31(36(34,35)29(5)6)21-10-8-7-9-20(21)27/h7-13,16H,14-15H2,1-6H3,(H,28,33)/t16-/m0/s1. The third-order valence-corrected chi connectivity index (χ3v) is 7.69. The van der Waals surface area contributed by atoms with Crippen LogP contribution in [0, 0.1) is 5.82 Å². The number of hydrogen-bond donors (Lipinski definition) is 1. The lowest BCUT2D eigenvalue weighted by Gasteiger charge is -2.34. The monoisotopic (exact) mass is 560 g/mol. The van der Waals surface area contributed by atoms with E-state index < -0.39 is 46.0 Å². The fraction of sp³-hybridized carbons (Fsp3) is 0.417. The second-order valence-electron chi connectivity index (χ2n) is 9.43.